The van der Waals surface area contributed by atoms with Gasteiger partial charge in [0.2, 0.25) is 0 Å². The molecule has 0 aromatic carbocycles. The maximum absolute atomic E-state index is 14.4. The Bertz CT molecular complexity index is 957. The monoisotopic (exact) mass is 500 g/mol. The van der Waals surface area contributed by atoms with Gasteiger partial charge < -0.3 is 4.74 Å². The molecule has 0 heterocycles. The number of allylic oxidation sites excluding steroid dienone is 2. The van der Waals surface area contributed by atoms with E-state index in [-0.39, 0.29) is 38.8 Å². The van der Waals surface area contributed by atoms with Gasteiger partial charge in [-0.3, -0.25) is 9.59 Å². The Morgan fingerprint density at radius 2 is 1.74 bits per heavy atom. The van der Waals surface area contributed by atoms with Crippen LogP contribution < -0.4 is 0 Å². The van der Waals surface area contributed by atoms with Gasteiger partial charge in [0.15, 0.2) is 5.78 Å². The van der Waals surface area contributed by atoms with Gasteiger partial charge in [-0.05, 0) is 95.9 Å². The summed E-state index contributed by atoms with van der Waals surface area (Å²) in [7, 11) is 1.49. The topological polar surface area (TPSA) is 43.4 Å². The second kappa shape index (κ2) is 8.11. The number of thiol groups is 1. The molecule has 5 aliphatic carbocycles. The smallest absolute Gasteiger partial charge is 0.306 e. The van der Waals surface area contributed by atoms with E-state index >= 15 is 0 Å². The standard InChI is InChI=1S/C31H48O3S/c1-19-9-8-12-27(2)15-16-30(5)20(25(19)27)17-21(32)26-28(3)13-11-23(35)29(4,18-24(33)34-7)22(28)10-14-31(26,30)6/h17,19,22-23,25-26,35H,8-16,18H2,1-7H3/t19-,22?,23+,25?,26?,27+,28-,29+,30+,31+/m0/s1. The molecule has 4 fully saturated rings. The van der Waals surface area contributed by atoms with Crippen LogP contribution in [0, 0.1) is 50.7 Å². The lowest BCUT2D eigenvalue weighted by molar-refractivity contribution is -0.188. The molecule has 0 aromatic heterocycles. The fourth-order valence-electron chi connectivity index (χ4n) is 11.0. The molecule has 0 aliphatic heterocycles. The third kappa shape index (κ3) is 3.29. The minimum Gasteiger partial charge on any atom is -0.469 e. The highest BCUT2D eigenvalue weighted by atomic mass is 32.1. The van der Waals surface area contributed by atoms with Crippen LogP contribution in [0.1, 0.15) is 106 Å². The van der Waals surface area contributed by atoms with Crippen LogP contribution in [0.2, 0.25) is 0 Å². The van der Waals surface area contributed by atoms with Crippen molar-refractivity contribution in [3.63, 3.8) is 0 Å². The van der Waals surface area contributed by atoms with Crippen molar-refractivity contribution < 1.29 is 14.3 Å². The van der Waals surface area contributed by atoms with E-state index in [9.17, 15) is 9.59 Å². The summed E-state index contributed by atoms with van der Waals surface area (Å²) in [5.41, 5.74) is 1.52. The molecule has 0 radical (unpaired) electrons. The van der Waals surface area contributed by atoms with Crippen molar-refractivity contribution in [3.05, 3.63) is 11.6 Å². The number of fused-ring (bicyclic) bond motifs is 7. The summed E-state index contributed by atoms with van der Waals surface area (Å²) in [6.45, 7) is 14.6. The van der Waals surface area contributed by atoms with Crippen molar-refractivity contribution in [1.29, 1.82) is 0 Å². The van der Waals surface area contributed by atoms with E-state index in [2.05, 4.69) is 47.6 Å². The summed E-state index contributed by atoms with van der Waals surface area (Å²) >= 11 is 5.03. The van der Waals surface area contributed by atoms with Gasteiger partial charge in [0.1, 0.15) is 0 Å². The second-order valence-electron chi connectivity index (χ2n) is 14.6. The summed E-state index contributed by atoms with van der Waals surface area (Å²) in [6, 6.07) is 0. The molecule has 35 heavy (non-hydrogen) atoms. The average molecular weight is 501 g/mol. The Balaban J connectivity index is 1.61. The molecule has 5 rings (SSSR count). The summed E-state index contributed by atoms with van der Waals surface area (Å²) in [4.78, 5) is 26.9. The van der Waals surface area contributed by atoms with Gasteiger partial charge in [0.25, 0.3) is 0 Å². The van der Waals surface area contributed by atoms with Gasteiger partial charge in [-0.15, -0.1) is 0 Å². The van der Waals surface area contributed by atoms with Gasteiger partial charge in [-0.1, -0.05) is 60.0 Å². The number of esters is 1. The first-order valence-electron chi connectivity index (χ1n) is 14.3. The molecule has 5 aliphatic rings. The maximum atomic E-state index is 14.4. The van der Waals surface area contributed by atoms with Crippen LogP contribution in [-0.4, -0.2) is 24.1 Å². The van der Waals surface area contributed by atoms with E-state index in [1.807, 2.05) is 0 Å². The molecule has 196 valence electrons. The number of hydrogen-bond acceptors (Lipinski definition) is 4. The van der Waals surface area contributed by atoms with E-state index < -0.39 is 0 Å². The predicted molar refractivity (Wildman–Crippen MR) is 144 cm³/mol. The third-order valence-electron chi connectivity index (χ3n) is 13.0. The van der Waals surface area contributed by atoms with Gasteiger partial charge in [-0.25, -0.2) is 0 Å². The quantitative estimate of drug-likeness (QED) is 0.316. The minimum absolute atomic E-state index is 0.0172. The number of ketones is 1. The van der Waals surface area contributed by atoms with Gasteiger partial charge in [-0.2, -0.15) is 12.6 Å². The first kappa shape index (κ1) is 25.9. The molecular weight excluding hydrogens is 452 g/mol. The molecule has 0 amide bonds. The van der Waals surface area contributed by atoms with Crippen molar-refractivity contribution in [1.82, 2.24) is 0 Å². The SMILES string of the molecule is COC(=O)C[C@]1(C)C2CC[C@]3(C)C(C(=O)C=C4C5[C@@H](C)CCC[C@]5(C)CC[C@]43C)[C@@]2(C)CC[C@H]1S. The zero-order valence-corrected chi connectivity index (χ0v) is 24.1. The number of carbonyl (C=O) groups is 2. The third-order valence-corrected chi connectivity index (χ3v) is 13.9. The lowest BCUT2D eigenvalue weighted by Crippen LogP contribution is -2.66. The van der Waals surface area contributed by atoms with Crippen LogP contribution in [0.5, 0.6) is 0 Å². The highest BCUT2D eigenvalue weighted by Gasteiger charge is 2.70. The molecule has 4 heteroatoms. The largest absolute Gasteiger partial charge is 0.469 e. The Hall–Kier alpha value is -0.770. The summed E-state index contributed by atoms with van der Waals surface area (Å²) in [6.07, 6.45) is 13.1. The molecule has 0 saturated heterocycles. The van der Waals surface area contributed by atoms with Crippen LogP contribution in [0.3, 0.4) is 0 Å². The van der Waals surface area contributed by atoms with E-state index in [0.29, 0.717) is 35.4 Å². The van der Waals surface area contributed by atoms with Crippen LogP contribution in [-0.2, 0) is 14.3 Å². The lowest BCUT2D eigenvalue weighted by atomic mass is 9.33. The molecule has 4 saturated carbocycles. The van der Waals surface area contributed by atoms with Crippen molar-refractivity contribution in [2.45, 2.75) is 111 Å². The van der Waals surface area contributed by atoms with Crippen LogP contribution in [0.15, 0.2) is 11.6 Å². The Labute approximate surface area is 219 Å². The highest BCUT2D eigenvalue weighted by Crippen LogP contribution is 2.75. The Kier molecular flexibility index (Phi) is 5.99. The maximum Gasteiger partial charge on any atom is 0.306 e. The van der Waals surface area contributed by atoms with Crippen molar-refractivity contribution in [2.75, 3.05) is 7.11 Å². The van der Waals surface area contributed by atoms with Crippen molar-refractivity contribution in [2.24, 2.45) is 50.7 Å². The summed E-state index contributed by atoms with van der Waals surface area (Å²) < 4.78 is 5.13. The normalized spacial score (nSPS) is 53.4. The number of methoxy groups -OCH3 is 1. The second-order valence-corrected chi connectivity index (χ2v) is 15.2. The Morgan fingerprint density at radius 1 is 1.03 bits per heavy atom. The fourth-order valence-corrected chi connectivity index (χ4v) is 11.4. The van der Waals surface area contributed by atoms with Crippen molar-refractivity contribution >= 4 is 24.4 Å². The van der Waals surface area contributed by atoms with Crippen LogP contribution in [0.4, 0.5) is 0 Å². The zero-order valence-electron chi connectivity index (χ0n) is 23.2. The van der Waals surface area contributed by atoms with E-state index in [0.717, 1.165) is 25.7 Å². The first-order chi connectivity index (χ1) is 16.3. The van der Waals surface area contributed by atoms with Gasteiger partial charge >= 0.3 is 5.97 Å². The van der Waals surface area contributed by atoms with E-state index in [1.54, 1.807) is 0 Å². The van der Waals surface area contributed by atoms with E-state index in [4.69, 9.17) is 17.4 Å². The lowest BCUT2D eigenvalue weighted by Gasteiger charge is -2.70. The molecule has 0 N–H and O–H groups in total. The minimum atomic E-state index is -0.251. The predicted octanol–water partition coefficient (Wildman–Crippen LogP) is 7.44. The summed E-state index contributed by atoms with van der Waals surface area (Å²) in [5, 5.41) is 0.155. The molecule has 0 spiro atoms. The first-order valence-corrected chi connectivity index (χ1v) is 14.8. The average Bonchev–Trinajstić information content (AvgIpc) is 2.78. The fraction of sp³-hybridized carbons (Fsp3) is 0.871. The van der Waals surface area contributed by atoms with Crippen LogP contribution in [0.25, 0.3) is 0 Å². The summed E-state index contributed by atoms with van der Waals surface area (Å²) in [5.74, 6) is 1.75. The molecule has 3 unspecified atom stereocenters. The molecule has 0 aromatic rings. The number of rotatable bonds is 2. The van der Waals surface area contributed by atoms with Crippen molar-refractivity contribution in [3.8, 4) is 0 Å². The Morgan fingerprint density at radius 3 is 2.43 bits per heavy atom. The highest BCUT2D eigenvalue weighted by molar-refractivity contribution is 7.81. The number of carbonyl (C=O) groups excluding carboxylic acids is 2. The van der Waals surface area contributed by atoms with Gasteiger partial charge in [0.05, 0.1) is 13.5 Å². The number of hydrogen-bond donors (Lipinski definition) is 1. The molecule has 0 bridgehead atoms. The van der Waals surface area contributed by atoms with E-state index in [1.165, 1.54) is 44.8 Å². The zero-order chi connectivity index (χ0) is 25.6. The molecule has 3 nitrogen and oxygen atoms in total. The van der Waals surface area contributed by atoms with Gasteiger partial charge in [0, 0.05) is 11.2 Å². The van der Waals surface area contributed by atoms with Crippen LogP contribution >= 0.6 is 12.6 Å². The molecular formula is C31H48O3S. The molecule has 10 atom stereocenters. The number of ether oxygens (including phenoxy) is 1.